The van der Waals surface area contributed by atoms with Gasteiger partial charge in [-0.2, -0.15) is 13.2 Å². The molecule has 1 atom stereocenters. The van der Waals surface area contributed by atoms with E-state index >= 15 is 0 Å². The molecule has 0 fully saturated rings. The number of alkyl halides is 3. The molecule has 0 aromatic heterocycles. The van der Waals surface area contributed by atoms with Gasteiger partial charge in [0, 0.05) is 10.6 Å². The van der Waals surface area contributed by atoms with Crippen molar-refractivity contribution >= 4 is 23.2 Å². The van der Waals surface area contributed by atoms with Crippen molar-refractivity contribution in [3.05, 3.63) is 53.1 Å². The van der Waals surface area contributed by atoms with E-state index < -0.39 is 12.8 Å². The quantitative estimate of drug-likeness (QED) is 0.661. The second-order valence-electron chi connectivity index (χ2n) is 5.93. The lowest BCUT2D eigenvalue weighted by Gasteiger charge is -2.18. The number of nitrogens with one attached hydrogen (secondary N) is 2. The molecular formula is C19H20ClF3N2O3. The summed E-state index contributed by atoms with van der Waals surface area (Å²) in [6, 6.07) is 11.0. The van der Waals surface area contributed by atoms with Gasteiger partial charge in [0.2, 0.25) is 5.91 Å². The number of carbonyl (C=O) groups is 1. The largest absolute Gasteiger partial charge is 0.496 e. The number of carbonyl (C=O) groups excluding carboxylic acids is 1. The normalized spacial score (nSPS) is 12.2. The van der Waals surface area contributed by atoms with Crippen LogP contribution in [0.4, 0.5) is 18.9 Å². The Morgan fingerprint density at radius 2 is 1.89 bits per heavy atom. The molecule has 0 saturated carbocycles. The van der Waals surface area contributed by atoms with Crippen LogP contribution in [0.1, 0.15) is 18.5 Å². The third-order valence-corrected chi connectivity index (χ3v) is 3.99. The van der Waals surface area contributed by atoms with Crippen LogP contribution in [0.5, 0.6) is 11.5 Å². The smallest absolute Gasteiger partial charge is 0.422 e. The molecule has 9 heteroatoms. The van der Waals surface area contributed by atoms with Crippen molar-refractivity contribution in [2.45, 2.75) is 19.1 Å². The first-order valence-electron chi connectivity index (χ1n) is 8.35. The maximum Gasteiger partial charge on any atom is 0.422 e. The lowest BCUT2D eigenvalue weighted by atomic mass is 10.1. The minimum atomic E-state index is -4.47. The molecule has 2 N–H and O–H groups in total. The number of para-hydroxylation sites is 1. The zero-order valence-electron chi connectivity index (χ0n) is 15.3. The molecule has 0 aliphatic heterocycles. The first-order valence-corrected chi connectivity index (χ1v) is 8.72. The van der Waals surface area contributed by atoms with E-state index in [1.165, 1.54) is 25.3 Å². The molecule has 0 heterocycles. The molecule has 2 aromatic carbocycles. The van der Waals surface area contributed by atoms with Gasteiger partial charge in [0.1, 0.15) is 11.5 Å². The molecule has 1 amide bonds. The van der Waals surface area contributed by atoms with E-state index in [-0.39, 0.29) is 29.9 Å². The molecule has 0 spiro atoms. The van der Waals surface area contributed by atoms with Gasteiger partial charge < -0.3 is 20.1 Å². The monoisotopic (exact) mass is 416 g/mol. The predicted octanol–water partition coefficient (Wildman–Crippen LogP) is 4.58. The number of hydrogen-bond acceptors (Lipinski definition) is 4. The van der Waals surface area contributed by atoms with E-state index in [9.17, 15) is 18.0 Å². The third-order valence-electron chi connectivity index (χ3n) is 3.76. The van der Waals surface area contributed by atoms with Crippen LogP contribution < -0.4 is 20.1 Å². The van der Waals surface area contributed by atoms with Crippen LogP contribution in [0, 0.1) is 0 Å². The number of benzene rings is 2. The van der Waals surface area contributed by atoms with E-state index in [0.717, 1.165) is 5.56 Å². The zero-order chi connectivity index (χ0) is 20.7. The molecule has 152 valence electrons. The van der Waals surface area contributed by atoms with Crippen molar-refractivity contribution in [3.8, 4) is 11.5 Å². The van der Waals surface area contributed by atoms with E-state index in [1.807, 2.05) is 18.2 Å². The summed E-state index contributed by atoms with van der Waals surface area (Å²) in [7, 11) is 1.54. The number of amides is 1. The van der Waals surface area contributed by atoms with Crippen LogP contribution in [0.25, 0.3) is 0 Å². The summed E-state index contributed by atoms with van der Waals surface area (Å²) in [6.45, 7) is 0.176. The molecule has 0 bridgehead atoms. The van der Waals surface area contributed by atoms with Gasteiger partial charge in [0.15, 0.2) is 6.61 Å². The molecule has 1 unspecified atom stereocenters. The molecule has 5 nitrogen and oxygen atoms in total. The van der Waals surface area contributed by atoms with Gasteiger partial charge in [-0.1, -0.05) is 29.8 Å². The van der Waals surface area contributed by atoms with Gasteiger partial charge in [0.05, 0.1) is 25.4 Å². The SMILES string of the molecule is COc1ccccc1C(C)NC(=O)CNc1cc(Cl)ccc1OCC(F)(F)F. The van der Waals surface area contributed by atoms with Crippen molar-refractivity contribution < 1.29 is 27.4 Å². The van der Waals surface area contributed by atoms with E-state index in [4.69, 9.17) is 21.1 Å². The van der Waals surface area contributed by atoms with Crippen LogP contribution in [0.15, 0.2) is 42.5 Å². The predicted molar refractivity (Wildman–Crippen MR) is 101 cm³/mol. The second kappa shape index (κ2) is 9.54. The number of halogens is 4. The van der Waals surface area contributed by atoms with Gasteiger partial charge in [-0.25, -0.2) is 0 Å². The molecular weight excluding hydrogens is 397 g/mol. The molecule has 0 aliphatic carbocycles. The Balaban J connectivity index is 1.99. The summed E-state index contributed by atoms with van der Waals surface area (Å²) in [5.41, 5.74) is 0.993. The minimum absolute atomic E-state index is 0.0488. The Morgan fingerprint density at radius 3 is 2.57 bits per heavy atom. The van der Waals surface area contributed by atoms with Crippen molar-refractivity contribution in [1.29, 1.82) is 0 Å². The standard InChI is InChI=1S/C19H20ClF3N2O3/c1-12(14-5-3-4-6-16(14)27-2)25-18(26)10-24-15-9-13(20)7-8-17(15)28-11-19(21,22)23/h3-9,12,24H,10-11H2,1-2H3,(H,25,26). The van der Waals surface area contributed by atoms with Crippen LogP contribution in [-0.4, -0.2) is 32.3 Å². The molecule has 0 aliphatic rings. The fourth-order valence-electron chi connectivity index (χ4n) is 2.50. The molecule has 2 rings (SSSR count). The number of methoxy groups -OCH3 is 1. The van der Waals surface area contributed by atoms with Crippen LogP contribution in [0.2, 0.25) is 5.02 Å². The Morgan fingerprint density at radius 1 is 1.18 bits per heavy atom. The van der Waals surface area contributed by atoms with Gasteiger partial charge in [-0.3, -0.25) is 4.79 Å². The van der Waals surface area contributed by atoms with Crippen LogP contribution >= 0.6 is 11.6 Å². The topological polar surface area (TPSA) is 59.6 Å². The molecule has 0 radical (unpaired) electrons. The van der Waals surface area contributed by atoms with Crippen molar-refractivity contribution in [2.75, 3.05) is 25.6 Å². The van der Waals surface area contributed by atoms with Gasteiger partial charge in [0.25, 0.3) is 0 Å². The van der Waals surface area contributed by atoms with Gasteiger partial charge >= 0.3 is 6.18 Å². The number of rotatable bonds is 8. The summed E-state index contributed by atoms with van der Waals surface area (Å²) in [5, 5.41) is 5.85. The summed E-state index contributed by atoms with van der Waals surface area (Å²) in [6.07, 6.45) is -4.47. The highest BCUT2D eigenvalue weighted by atomic mass is 35.5. The minimum Gasteiger partial charge on any atom is -0.496 e. The summed E-state index contributed by atoms with van der Waals surface area (Å²) in [4.78, 5) is 12.2. The maximum atomic E-state index is 12.4. The Bertz CT molecular complexity index is 815. The lowest BCUT2D eigenvalue weighted by molar-refractivity contribution is -0.153. The molecule has 28 heavy (non-hydrogen) atoms. The zero-order valence-corrected chi connectivity index (χ0v) is 16.0. The highest BCUT2D eigenvalue weighted by Gasteiger charge is 2.29. The van der Waals surface area contributed by atoms with Crippen molar-refractivity contribution in [1.82, 2.24) is 5.32 Å². The average molecular weight is 417 g/mol. The van der Waals surface area contributed by atoms with Gasteiger partial charge in [-0.05, 0) is 31.2 Å². The van der Waals surface area contributed by atoms with Crippen LogP contribution in [-0.2, 0) is 4.79 Å². The van der Waals surface area contributed by atoms with Crippen LogP contribution in [0.3, 0.4) is 0 Å². The summed E-state index contributed by atoms with van der Waals surface area (Å²) < 4.78 is 47.2. The number of ether oxygens (including phenoxy) is 2. The second-order valence-corrected chi connectivity index (χ2v) is 6.37. The fourth-order valence-corrected chi connectivity index (χ4v) is 2.67. The third kappa shape index (κ3) is 6.53. The average Bonchev–Trinajstić information content (AvgIpc) is 2.64. The van der Waals surface area contributed by atoms with Crippen molar-refractivity contribution in [3.63, 3.8) is 0 Å². The first-order chi connectivity index (χ1) is 13.2. The van der Waals surface area contributed by atoms with Gasteiger partial charge in [-0.15, -0.1) is 0 Å². The number of hydrogen-bond donors (Lipinski definition) is 2. The first kappa shape index (κ1) is 21.7. The highest BCUT2D eigenvalue weighted by molar-refractivity contribution is 6.30. The molecule has 0 saturated heterocycles. The summed E-state index contributed by atoms with van der Waals surface area (Å²) in [5.74, 6) is 0.230. The van der Waals surface area contributed by atoms with E-state index in [0.29, 0.717) is 10.8 Å². The summed E-state index contributed by atoms with van der Waals surface area (Å²) >= 11 is 5.89. The van der Waals surface area contributed by atoms with Crippen molar-refractivity contribution in [2.24, 2.45) is 0 Å². The Kier molecular flexibility index (Phi) is 7.39. The molecule has 2 aromatic rings. The van der Waals surface area contributed by atoms with E-state index in [1.54, 1.807) is 13.0 Å². The Hall–Kier alpha value is -2.61. The maximum absolute atomic E-state index is 12.4. The highest BCUT2D eigenvalue weighted by Crippen LogP contribution is 2.29. The number of anilines is 1. The Labute approximate surface area is 165 Å². The lowest BCUT2D eigenvalue weighted by Crippen LogP contribution is -2.32. The van der Waals surface area contributed by atoms with E-state index in [2.05, 4.69) is 10.6 Å². The fraction of sp³-hybridized carbons (Fsp3) is 0.316.